The third kappa shape index (κ3) is 3.41. The van der Waals surface area contributed by atoms with E-state index in [1.807, 2.05) is 6.08 Å². The van der Waals surface area contributed by atoms with Crippen molar-refractivity contribution in [2.24, 2.45) is 0 Å². The topological polar surface area (TPSA) is 24.5 Å². The number of hydrogen-bond donors (Lipinski definition) is 1. The van der Waals surface area contributed by atoms with Crippen molar-refractivity contribution in [3.05, 3.63) is 54.6 Å². The SMILES string of the molecule is C=CCC[C@H](c1ccc(OC)c2ccccc12)N1CCNCC1. The number of nitrogens with zero attached hydrogens (tertiary/aromatic N) is 1. The van der Waals surface area contributed by atoms with Gasteiger partial charge < -0.3 is 10.1 Å². The van der Waals surface area contributed by atoms with E-state index < -0.39 is 0 Å². The predicted octanol–water partition coefficient (Wildman–Crippen LogP) is 3.76. The van der Waals surface area contributed by atoms with Gasteiger partial charge in [0.05, 0.1) is 7.11 Å². The molecule has 2 aromatic rings. The second-order valence-corrected chi connectivity index (χ2v) is 6.07. The van der Waals surface area contributed by atoms with E-state index in [9.17, 15) is 0 Å². The van der Waals surface area contributed by atoms with Gasteiger partial charge in [-0.1, -0.05) is 36.4 Å². The number of fused-ring (bicyclic) bond motifs is 1. The highest BCUT2D eigenvalue weighted by Gasteiger charge is 2.23. The van der Waals surface area contributed by atoms with Crippen LogP contribution in [-0.4, -0.2) is 38.2 Å². The number of piperazine rings is 1. The largest absolute Gasteiger partial charge is 0.496 e. The van der Waals surface area contributed by atoms with Crippen LogP contribution in [0.5, 0.6) is 5.75 Å². The van der Waals surface area contributed by atoms with Gasteiger partial charge in [-0.15, -0.1) is 6.58 Å². The van der Waals surface area contributed by atoms with Crippen LogP contribution in [0.4, 0.5) is 0 Å². The van der Waals surface area contributed by atoms with Crippen LogP contribution in [0.25, 0.3) is 10.8 Å². The van der Waals surface area contributed by atoms with Crippen molar-refractivity contribution in [2.45, 2.75) is 18.9 Å². The molecular weight excluding hydrogens is 284 g/mol. The van der Waals surface area contributed by atoms with Crippen molar-refractivity contribution in [3.8, 4) is 5.75 Å². The molecule has 0 aromatic heterocycles. The van der Waals surface area contributed by atoms with E-state index in [4.69, 9.17) is 4.74 Å². The summed E-state index contributed by atoms with van der Waals surface area (Å²) >= 11 is 0. The summed E-state index contributed by atoms with van der Waals surface area (Å²) in [5.41, 5.74) is 1.41. The fourth-order valence-electron chi connectivity index (χ4n) is 3.57. The molecule has 23 heavy (non-hydrogen) atoms. The first-order chi connectivity index (χ1) is 11.3. The molecule has 1 saturated heterocycles. The van der Waals surface area contributed by atoms with Gasteiger partial charge in [0.2, 0.25) is 0 Å². The second-order valence-electron chi connectivity index (χ2n) is 6.07. The van der Waals surface area contributed by atoms with Crippen LogP contribution in [0, 0.1) is 0 Å². The van der Waals surface area contributed by atoms with E-state index in [1.54, 1.807) is 7.11 Å². The lowest BCUT2D eigenvalue weighted by Crippen LogP contribution is -2.45. The minimum Gasteiger partial charge on any atom is -0.496 e. The maximum atomic E-state index is 5.55. The van der Waals surface area contributed by atoms with Crippen LogP contribution in [0.15, 0.2) is 49.1 Å². The first-order valence-electron chi connectivity index (χ1n) is 8.46. The molecule has 3 heteroatoms. The minimum atomic E-state index is 0.436. The molecule has 0 spiro atoms. The zero-order valence-electron chi connectivity index (χ0n) is 13.9. The molecule has 0 bridgehead atoms. The summed E-state index contributed by atoms with van der Waals surface area (Å²) < 4.78 is 5.55. The predicted molar refractivity (Wildman–Crippen MR) is 97.1 cm³/mol. The Morgan fingerprint density at radius 2 is 1.91 bits per heavy atom. The zero-order chi connectivity index (χ0) is 16.1. The summed E-state index contributed by atoms with van der Waals surface area (Å²) in [6.45, 7) is 8.25. The van der Waals surface area contributed by atoms with Crippen molar-refractivity contribution < 1.29 is 4.74 Å². The van der Waals surface area contributed by atoms with Gasteiger partial charge in [0.1, 0.15) is 5.75 Å². The Hall–Kier alpha value is -1.84. The van der Waals surface area contributed by atoms with E-state index in [1.165, 1.54) is 16.3 Å². The molecule has 3 nitrogen and oxygen atoms in total. The summed E-state index contributed by atoms with van der Waals surface area (Å²) in [6.07, 6.45) is 4.18. The molecule has 0 radical (unpaired) electrons. The maximum absolute atomic E-state index is 5.55. The van der Waals surface area contributed by atoms with Gasteiger partial charge in [0.25, 0.3) is 0 Å². The number of rotatable bonds is 6. The molecule has 3 rings (SSSR count). The van der Waals surface area contributed by atoms with Crippen molar-refractivity contribution in [2.75, 3.05) is 33.3 Å². The molecule has 1 atom stereocenters. The molecule has 1 heterocycles. The number of hydrogen-bond acceptors (Lipinski definition) is 3. The van der Waals surface area contributed by atoms with Gasteiger partial charge >= 0.3 is 0 Å². The average Bonchev–Trinajstić information content (AvgIpc) is 2.63. The molecule has 0 amide bonds. The molecule has 0 saturated carbocycles. The van der Waals surface area contributed by atoms with E-state index >= 15 is 0 Å². The number of allylic oxidation sites excluding steroid dienone is 1. The highest BCUT2D eigenvalue weighted by atomic mass is 16.5. The van der Waals surface area contributed by atoms with Crippen molar-refractivity contribution in [3.63, 3.8) is 0 Å². The van der Waals surface area contributed by atoms with Crippen molar-refractivity contribution >= 4 is 10.8 Å². The standard InChI is InChI=1S/C20H26N2O/c1-3-4-9-19(22-14-12-21-13-15-22)17-10-11-20(23-2)18-8-6-5-7-16(17)18/h3,5-8,10-11,19,21H,1,4,9,12-15H2,2H3/t19-/m1/s1. The number of ether oxygens (including phenoxy) is 1. The molecule has 1 fully saturated rings. The molecule has 122 valence electrons. The van der Waals surface area contributed by atoms with Gasteiger partial charge in [-0.2, -0.15) is 0 Å². The molecule has 1 aliphatic rings. The lowest BCUT2D eigenvalue weighted by molar-refractivity contribution is 0.167. The van der Waals surface area contributed by atoms with Gasteiger partial charge in [-0.05, 0) is 29.9 Å². The summed E-state index contributed by atoms with van der Waals surface area (Å²) in [6, 6.07) is 13.4. The second kappa shape index (κ2) is 7.62. The minimum absolute atomic E-state index is 0.436. The first-order valence-corrected chi connectivity index (χ1v) is 8.46. The fourth-order valence-corrected chi connectivity index (χ4v) is 3.57. The lowest BCUT2D eigenvalue weighted by Gasteiger charge is -2.36. The van der Waals surface area contributed by atoms with Crippen LogP contribution < -0.4 is 10.1 Å². The normalized spacial score (nSPS) is 17.1. The Labute approximate surface area is 138 Å². The van der Waals surface area contributed by atoms with Crippen molar-refractivity contribution in [1.29, 1.82) is 0 Å². The number of nitrogens with one attached hydrogen (secondary N) is 1. The van der Waals surface area contributed by atoms with E-state index in [0.29, 0.717) is 6.04 Å². The van der Waals surface area contributed by atoms with Crippen molar-refractivity contribution in [1.82, 2.24) is 10.2 Å². The fraction of sp³-hybridized carbons (Fsp3) is 0.400. The quantitative estimate of drug-likeness (QED) is 0.822. The Balaban J connectivity index is 2.04. The number of benzene rings is 2. The Bertz CT molecular complexity index is 662. The molecule has 1 N–H and O–H groups in total. The Kier molecular flexibility index (Phi) is 5.31. The molecule has 2 aromatic carbocycles. The van der Waals surface area contributed by atoms with E-state index in [-0.39, 0.29) is 0 Å². The zero-order valence-corrected chi connectivity index (χ0v) is 13.9. The highest BCUT2D eigenvalue weighted by molar-refractivity contribution is 5.91. The van der Waals surface area contributed by atoms with E-state index in [0.717, 1.165) is 44.8 Å². The smallest absolute Gasteiger partial charge is 0.126 e. The summed E-state index contributed by atoms with van der Waals surface area (Å²) in [5.74, 6) is 0.951. The maximum Gasteiger partial charge on any atom is 0.126 e. The summed E-state index contributed by atoms with van der Waals surface area (Å²) in [5, 5.41) is 5.96. The van der Waals surface area contributed by atoms with Crippen LogP contribution >= 0.6 is 0 Å². The van der Waals surface area contributed by atoms with Crippen LogP contribution in [0.1, 0.15) is 24.4 Å². The van der Waals surface area contributed by atoms with Gasteiger partial charge in [-0.3, -0.25) is 4.90 Å². The van der Waals surface area contributed by atoms with Crippen LogP contribution in [-0.2, 0) is 0 Å². The van der Waals surface area contributed by atoms with Gasteiger partial charge in [0, 0.05) is 37.6 Å². The third-order valence-electron chi connectivity index (χ3n) is 4.73. The first kappa shape index (κ1) is 16.0. The van der Waals surface area contributed by atoms with Crippen LogP contribution in [0.2, 0.25) is 0 Å². The highest BCUT2D eigenvalue weighted by Crippen LogP contribution is 2.36. The Morgan fingerprint density at radius 3 is 2.61 bits per heavy atom. The third-order valence-corrected chi connectivity index (χ3v) is 4.73. The van der Waals surface area contributed by atoms with E-state index in [2.05, 4.69) is 53.2 Å². The van der Waals surface area contributed by atoms with Gasteiger partial charge in [-0.25, -0.2) is 0 Å². The Morgan fingerprint density at radius 1 is 1.17 bits per heavy atom. The number of methoxy groups -OCH3 is 1. The summed E-state index contributed by atoms with van der Waals surface area (Å²) in [4.78, 5) is 2.61. The lowest BCUT2D eigenvalue weighted by atomic mass is 9.93. The summed E-state index contributed by atoms with van der Waals surface area (Å²) in [7, 11) is 1.74. The molecular formula is C20H26N2O. The molecule has 1 aliphatic heterocycles. The van der Waals surface area contributed by atoms with Gasteiger partial charge in [0.15, 0.2) is 0 Å². The average molecular weight is 310 g/mol. The monoisotopic (exact) mass is 310 g/mol. The van der Waals surface area contributed by atoms with Crippen LogP contribution in [0.3, 0.4) is 0 Å². The molecule has 0 unspecified atom stereocenters. The molecule has 0 aliphatic carbocycles.